The molecule has 1 aromatic heterocycles. The molecule has 3 N–H and O–H groups in total. The maximum Gasteiger partial charge on any atom is 0.345 e. The minimum absolute atomic E-state index is 0.237. The van der Waals surface area contributed by atoms with Crippen molar-refractivity contribution in [2.75, 3.05) is 6.54 Å². The fourth-order valence-corrected chi connectivity index (χ4v) is 1.03. The molecule has 0 saturated heterocycles. The average Bonchev–Trinajstić information content (AvgIpc) is 2.02. The number of nitrogens with two attached hydrogens (primary N) is 1. The van der Waals surface area contributed by atoms with Crippen molar-refractivity contribution in [3.63, 3.8) is 0 Å². The molecule has 0 bridgehead atoms. The van der Waals surface area contributed by atoms with Gasteiger partial charge in [0.15, 0.2) is 0 Å². The fourth-order valence-electron chi connectivity index (χ4n) is 1.03. The number of aromatic nitrogens is 2. The molecule has 0 atom stereocenters. The van der Waals surface area contributed by atoms with Gasteiger partial charge in [0.25, 0.3) is 0 Å². The average molecular weight is 181 g/mol. The predicted molar refractivity (Wildman–Crippen MR) is 51.7 cm³/mol. The molecule has 0 aliphatic rings. The highest BCUT2D eigenvalue weighted by Crippen LogP contribution is 2.18. The Bertz CT molecular complexity index is 354. The number of aryl methyl sites for hydroxylation is 1. The van der Waals surface area contributed by atoms with E-state index in [1.54, 1.807) is 0 Å². The van der Waals surface area contributed by atoms with E-state index >= 15 is 0 Å². The van der Waals surface area contributed by atoms with E-state index in [4.69, 9.17) is 5.73 Å². The molecule has 4 heteroatoms. The normalized spacial score (nSPS) is 11.7. The number of aromatic amines is 1. The Kier molecular flexibility index (Phi) is 2.52. The molecule has 0 spiro atoms. The second-order valence-corrected chi connectivity index (χ2v) is 3.84. The molecule has 0 fully saturated rings. The van der Waals surface area contributed by atoms with E-state index in [1.807, 2.05) is 26.8 Å². The smallest absolute Gasteiger partial charge is 0.330 e. The largest absolute Gasteiger partial charge is 0.345 e. The van der Waals surface area contributed by atoms with Crippen molar-refractivity contribution in [2.45, 2.75) is 26.2 Å². The summed E-state index contributed by atoms with van der Waals surface area (Å²) in [6, 6.07) is 1.86. The first-order valence-electron chi connectivity index (χ1n) is 4.24. The lowest BCUT2D eigenvalue weighted by atomic mass is 9.89. The molecule has 0 radical (unpaired) electrons. The molecule has 0 saturated carbocycles. The van der Waals surface area contributed by atoms with Gasteiger partial charge in [0.05, 0.1) is 5.69 Å². The van der Waals surface area contributed by atoms with Gasteiger partial charge >= 0.3 is 5.69 Å². The van der Waals surface area contributed by atoms with Gasteiger partial charge in [0.1, 0.15) is 0 Å². The zero-order chi connectivity index (χ0) is 10.1. The highest BCUT2D eigenvalue weighted by atomic mass is 16.1. The Morgan fingerprint density at radius 3 is 2.69 bits per heavy atom. The molecule has 72 valence electrons. The van der Waals surface area contributed by atoms with Crippen LogP contribution in [0.2, 0.25) is 0 Å². The lowest BCUT2D eigenvalue weighted by Crippen LogP contribution is -2.32. The van der Waals surface area contributed by atoms with Crippen LogP contribution in [0.1, 0.15) is 25.2 Å². The molecule has 0 aliphatic carbocycles. The number of hydrogen-bond donors (Lipinski definition) is 2. The Morgan fingerprint density at radius 2 is 2.23 bits per heavy atom. The van der Waals surface area contributed by atoms with Crippen LogP contribution in [0, 0.1) is 6.92 Å². The van der Waals surface area contributed by atoms with Crippen LogP contribution in [0.25, 0.3) is 0 Å². The Labute approximate surface area is 77.2 Å². The Morgan fingerprint density at radius 1 is 1.62 bits per heavy atom. The third-order valence-electron chi connectivity index (χ3n) is 2.08. The SMILES string of the molecule is Cc1cc(C(C)(C)CN)nc(=O)[nH]1. The standard InChI is InChI=1S/C9H15N3O/c1-6-4-7(9(2,3)5-10)12-8(13)11-6/h4H,5,10H2,1-3H3,(H,11,12,13). The summed E-state index contributed by atoms with van der Waals surface area (Å²) in [6.07, 6.45) is 0. The second-order valence-electron chi connectivity index (χ2n) is 3.84. The van der Waals surface area contributed by atoms with Crippen LogP contribution in [0.5, 0.6) is 0 Å². The molecule has 4 nitrogen and oxygen atoms in total. The predicted octanol–water partition coefficient (Wildman–Crippen LogP) is 0.315. The number of rotatable bonds is 2. The van der Waals surface area contributed by atoms with E-state index in [2.05, 4.69) is 9.97 Å². The summed E-state index contributed by atoms with van der Waals surface area (Å²) >= 11 is 0. The Balaban J connectivity index is 3.23. The highest BCUT2D eigenvalue weighted by molar-refractivity contribution is 5.16. The first kappa shape index (κ1) is 9.92. The Hall–Kier alpha value is -1.16. The van der Waals surface area contributed by atoms with E-state index in [1.165, 1.54) is 0 Å². The van der Waals surface area contributed by atoms with Crippen molar-refractivity contribution in [3.05, 3.63) is 27.9 Å². The van der Waals surface area contributed by atoms with Crippen LogP contribution in [0.15, 0.2) is 10.9 Å². The zero-order valence-electron chi connectivity index (χ0n) is 8.22. The monoisotopic (exact) mass is 181 g/mol. The molecular weight excluding hydrogens is 166 g/mol. The molecule has 0 unspecified atom stereocenters. The topological polar surface area (TPSA) is 71.8 Å². The van der Waals surface area contributed by atoms with Crippen molar-refractivity contribution in [2.24, 2.45) is 5.73 Å². The summed E-state index contributed by atoms with van der Waals surface area (Å²) in [5.41, 5.74) is 6.60. The zero-order valence-corrected chi connectivity index (χ0v) is 8.22. The van der Waals surface area contributed by atoms with Gasteiger partial charge in [-0.3, -0.25) is 0 Å². The number of H-pyrrole nitrogens is 1. The van der Waals surface area contributed by atoms with Crippen molar-refractivity contribution in [3.8, 4) is 0 Å². The maximum absolute atomic E-state index is 11.1. The molecule has 13 heavy (non-hydrogen) atoms. The van der Waals surface area contributed by atoms with Crippen LogP contribution in [0.3, 0.4) is 0 Å². The second kappa shape index (κ2) is 3.30. The van der Waals surface area contributed by atoms with Gasteiger partial charge in [-0.15, -0.1) is 0 Å². The van der Waals surface area contributed by atoms with Crippen molar-refractivity contribution in [1.29, 1.82) is 0 Å². The van der Waals surface area contributed by atoms with Crippen LogP contribution < -0.4 is 11.4 Å². The van der Waals surface area contributed by atoms with E-state index in [0.29, 0.717) is 6.54 Å². The van der Waals surface area contributed by atoms with E-state index < -0.39 is 0 Å². The first-order valence-corrected chi connectivity index (χ1v) is 4.24. The molecule has 1 rings (SSSR count). The van der Waals surface area contributed by atoms with Gasteiger partial charge in [-0.2, -0.15) is 4.98 Å². The van der Waals surface area contributed by atoms with Crippen LogP contribution in [0.4, 0.5) is 0 Å². The van der Waals surface area contributed by atoms with Crippen LogP contribution >= 0.6 is 0 Å². The maximum atomic E-state index is 11.1. The van der Waals surface area contributed by atoms with Gasteiger partial charge in [0, 0.05) is 17.7 Å². The fraction of sp³-hybridized carbons (Fsp3) is 0.556. The number of nitrogens with one attached hydrogen (secondary N) is 1. The molecule has 0 aliphatic heterocycles. The van der Waals surface area contributed by atoms with Gasteiger partial charge in [-0.25, -0.2) is 4.79 Å². The van der Waals surface area contributed by atoms with E-state index in [9.17, 15) is 4.79 Å². The lowest BCUT2D eigenvalue weighted by molar-refractivity contribution is 0.517. The third-order valence-corrected chi connectivity index (χ3v) is 2.08. The number of nitrogens with zero attached hydrogens (tertiary/aromatic N) is 1. The van der Waals surface area contributed by atoms with Gasteiger partial charge < -0.3 is 10.7 Å². The van der Waals surface area contributed by atoms with Crippen LogP contribution in [-0.2, 0) is 5.41 Å². The molecule has 0 aromatic carbocycles. The summed E-state index contributed by atoms with van der Waals surface area (Å²) in [4.78, 5) is 17.6. The minimum atomic E-state index is -0.309. The van der Waals surface area contributed by atoms with E-state index in [-0.39, 0.29) is 11.1 Å². The third kappa shape index (κ3) is 2.15. The van der Waals surface area contributed by atoms with Crippen molar-refractivity contribution >= 4 is 0 Å². The molecule has 1 heterocycles. The lowest BCUT2D eigenvalue weighted by Gasteiger charge is -2.21. The minimum Gasteiger partial charge on any atom is -0.330 e. The van der Waals surface area contributed by atoms with Gasteiger partial charge in [-0.05, 0) is 13.0 Å². The number of hydrogen-bond acceptors (Lipinski definition) is 3. The summed E-state index contributed by atoms with van der Waals surface area (Å²) in [5.74, 6) is 0. The van der Waals surface area contributed by atoms with Crippen molar-refractivity contribution in [1.82, 2.24) is 9.97 Å². The summed E-state index contributed by atoms with van der Waals surface area (Å²) in [6.45, 7) is 6.24. The van der Waals surface area contributed by atoms with E-state index in [0.717, 1.165) is 11.4 Å². The van der Waals surface area contributed by atoms with Gasteiger partial charge in [0.2, 0.25) is 0 Å². The highest BCUT2D eigenvalue weighted by Gasteiger charge is 2.20. The summed E-state index contributed by atoms with van der Waals surface area (Å²) in [5, 5.41) is 0. The summed E-state index contributed by atoms with van der Waals surface area (Å²) in [7, 11) is 0. The molecule has 0 amide bonds. The first-order chi connectivity index (χ1) is 5.95. The molecular formula is C9H15N3O. The quantitative estimate of drug-likeness (QED) is 0.690. The summed E-state index contributed by atoms with van der Waals surface area (Å²) < 4.78 is 0. The van der Waals surface area contributed by atoms with Crippen molar-refractivity contribution < 1.29 is 0 Å². The molecule has 1 aromatic rings. The van der Waals surface area contributed by atoms with Crippen LogP contribution in [-0.4, -0.2) is 16.5 Å². The van der Waals surface area contributed by atoms with Gasteiger partial charge in [-0.1, -0.05) is 13.8 Å².